The molecule has 11 heteroatoms. The fourth-order valence-corrected chi connectivity index (χ4v) is 2.42. The summed E-state index contributed by atoms with van der Waals surface area (Å²) in [6, 6.07) is 4.66. The molecule has 0 aliphatic rings. The number of hydrogen-bond acceptors (Lipinski definition) is 6. The zero-order chi connectivity index (χ0) is 19.3. The number of nitrogens with one attached hydrogen (secondary N) is 3. The van der Waals surface area contributed by atoms with Crippen molar-refractivity contribution < 1.29 is 18.8 Å². The zero-order valence-corrected chi connectivity index (χ0v) is 14.3. The van der Waals surface area contributed by atoms with Crippen LogP contribution in [-0.4, -0.2) is 33.4 Å². The van der Waals surface area contributed by atoms with Crippen LogP contribution in [0.15, 0.2) is 34.2 Å². The predicted octanol–water partition coefficient (Wildman–Crippen LogP) is 0.697. The van der Waals surface area contributed by atoms with Gasteiger partial charge in [0.2, 0.25) is 11.8 Å². The highest BCUT2D eigenvalue weighted by Gasteiger charge is 2.17. The zero-order valence-electron chi connectivity index (χ0n) is 13.5. The van der Waals surface area contributed by atoms with Crippen molar-refractivity contribution >= 4 is 41.0 Å². The highest BCUT2D eigenvalue weighted by Crippen LogP contribution is 2.20. The minimum absolute atomic E-state index is 0.0392. The van der Waals surface area contributed by atoms with Crippen LogP contribution in [0.1, 0.15) is 17.3 Å². The molecule has 0 saturated carbocycles. The van der Waals surface area contributed by atoms with Crippen molar-refractivity contribution in [3.8, 4) is 0 Å². The Balaban J connectivity index is 2.34. The average Bonchev–Trinajstić information content (AvgIpc) is 2.56. The number of primary amides is 1. The van der Waals surface area contributed by atoms with Crippen LogP contribution in [0.3, 0.4) is 0 Å². The summed E-state index contributed by atoms with van der Waals surface area (Å²) in [6.07, 6.45) is 0. The number of carbonyl (C=O) groups is 3. The van der Waals surface area contributed by atoms with Crippen molar-refractivity contribution in [2.24, 2.45) is 5.73 Å². The summed E-state index contributed by atoms with van der Waals surface area (Å²) in [5, 5.41) is 4.70. The number of rotatable bonds is 6. The molecule has 3 amide bonds. The summed E-state index contributed by atoms with van der Waals surface area (Å²) in [5.41, 5.74) is 4.10. The van der Waals surface area contributed by atoms with Crippen LogP contribution in [0.25, 0.3) is 0 Å². The van der Waals surface area contributed by atoms with E-state index >= 15 is 0 Å². The first-order chi connectivity index (χ1) is 12.3. The third kappa shape index (κ3) is 5.14. The third-order valence-electron chi connectivity index (χ3n) is 2.89. The summed E-state index contributed by atoms with van der Waals surface area (Å²) < 4.78 is 12.9. The van der Waals surface area contributed by atoms with Crippen molar-refractivity contribution in [2.45, 2.75) is 12.1 Å². The van der Waals surface area contributed by atoms with Crippen molar-refractivity contribution in [1.82, 2.24) is 9.97 Å². The van der Waals surface area contributed by atoms with Crippen LogP contribution >= 0.6 is 11.8 Å². The van der Waals surface area contributed by atoms with Crippen LogP contribution in [0.4, 0.5) is 15.9 Å². The number of hydrogen-bond donors (Lipinski definition) is 4. The van der Waals surface area contributed by atoms with Gasteiger partial charge in [-0.2, -0.15) is 0 Å². The average molecular weight is 379 g/mol. The normalized spacial score (nSPS) is 10.2. The summed E-state index contributed by atoms with van der Waals surface area (Å²) in [4.78, 5) is 53.0. The van der Waals surface area contributed by atoms with E-state index in [0.717, 1.165) is 23.9 Å². The maximum absolute atomic E-state index is 12.9. The molecule has 0 bridgehead atoms. The standard InChI is InChI=1S/C15H14FN5O4S/c1-7(22)18-12-11(14(25)21-15(20-12)26-6-10(17)23)19-13(24)8-2-4-9(16)5-3-8/h2-5H,6H2,1H3,(H2,17,23)(H,19,24)(H2,18,20,21,22,25). The van der Waals surface area contributed by atoms with E-state index in [4.69, 9.17) is 5.73 Å². The van der Waals surface area contributed by atoms with Gasteiger partial charge in [0.05, 0.1) is 5.75 Å². The van der Waals surface area contributed by atoms with E-state index in [1.165, 1.54) is 19.1 Å². The van der Waals surface area contributed by atoms with Crippen molar-refractivity contribution in [3.05, 3.63) is 46.0 Å². The lowest BCUT2D eigenvalue weighted by atomic mass is 10.2. The monoisotopic (exact) mass is 379 g/mol. The first-order valence-corrected chi connectivity index (χ1v) is 8.14. The van der Waals surface area contributed by atoms with Gasteiger partial charge in [-0.1, -0.05) is 11.8 Å². The Labute approximate surface area is 150 Å². The minimum atomic E-state index is -0.744. The van der Waals surface area contributed by atoms with Gasteiger partial charge in [-0.05, 0) is 24.3 Å². The molecule has 0 spiro atoms. The molecule has 0 saturated heterocycles. The van der Waals surface area contributed by atoms with Gasteiger partial charge < -0.3 is 16.4 Å². The van der Waals surface area contributed by atoms with Gasteiger partial charge in [0, 0.05) is 12.5 Å². The second-order valence-electron chi connectivity index (χ2n) is 4.99. The molecule has 0 fully saturated rings. The number of aromatic nitrogens is 2. The SMILES string of the molecule is CC(=O)Nc1nc(SCC(N)=O)[nH]c(=O)c1NC(=O)c1ccc(F)cc1. The molecule has 9 nitrogen and oxygen atoms in total. The second kappa shape index (κ2) is 8.25. The maximum atomic E-state index is 12.9. The lowest BCUT2D eigenvalue weighted by Gasteiger charge is -2.11. The molecule has 1 aromatic carbocycles. The molecule has 0 radical (unpaired) electrons. The predicted molar refractivity (Wildman–Crippen MR) is 93.4 cm³/mol. The molecule has 0 aliphatic heterocycles. The molecule has 136 valence electrons. The number of nitrogens with two attached hydrogens (primary N) is 1. The van der Waals surface area contributed by atoms with Crippen molar-refractivity contribution in [1.29, 1.82) is 0 Å². The lowest BCUT2D eigenvalue weighted by molar-refractivity contribution is -0.116. The number of halogens is 1. The molecule has 1 heterocycles. The number of benzene rings is 1. The van der Waals surface area contributed by atoms with Crippen molar-refractivity contribution in [2.75, 3.05) is 16.4 Å². The van der Waals surface area contributed by atoms with Gasteiger partial charge >= 0.3 is 0 Å². The third-order valence-corrected chi connectivity index (χ3v) is 3.78. The van der Waals surface area contributed by atoms with Crippen LogP contribution in [0.2, 0.25) is 0 Å². The molecular weight excluding hydrogens is 365 g/mol. The van der Waals surface area contributed by atoms with E-state index in [9.17, 15) is 23.6 Å². The topological polar surface area (TPSA) is 147 Å². The smallest absolute Gasteiger partial charge is 0.277 e. The Morgan fingerprint density at radius 2 is 1.88 bits per heavy atom. The Hall–Kier alpha value is -3.21. The number of nitrogens with zero attached hydrogens (tertiary/aromatic N) is 1. The van der Waals surface area contributed by atoms with Gasteiger partial charge in [-0.25, -0.2) is 9.37 Å². The fraction of sp³-hybridized carbons (Fsp3) is 0.133. The Morgan fingerprint density at radius 1 is 1.23 bits per heavy atom. The molecule has 5 N–H and O–H groups in total. The lowest BCUT2D eigenvalue weighted by Crippen LogP contribution is -2.24. The van der Waals surface area contributed by atoms with Crippen LogP contribution in [0.5, 0.6) is 0 Å². The number of carbonyl (C=O) groups excluding carboxylic acids is 3. The van der Waals surface area contributed by atoms with Crippen LogP contribution < -0.4 is 21.9 Å². The van der Waals surface area contributed by atoms with Crippen LogP contribution in [0, 0.1) is 5.82 Å². The molecule has 26 heavy (non-hydrogen) atoms. The summed E-state index contributed by atoms with van der Waals surface area (Å²) in [6.45, 7) is 1.20. The molecule has 1 aromatic heterocycles. The highest BCUT2D eigenvalue weighted by atomic mass is 32.2. The number of H-pyrrole nitrogens is 1. The van der Waals surface area contributed by atoms with Gasteiger partial charge in [0.15, 0.2) is 16.7 Å². The number of aromatic amines is 1. The molecular formula is C15H14FN5O4S. The van der Waals surface area contributed by atoms with E-state index in [1.54, 1.807) is 0 Å². The first kappa shape index (κ1) is 19.1. The summed E-state index contributed by atoms with van der Waals surface area (Å²) in [5.74, 6) is -2.68. The Bertz CT molecular complexity index is 913. The van der Waals surface area contributed by atoms with E-state index in [-0.39, 0.29) is 28.0 Å². The number of anilines is 2. The van der Waals surface area contributed by atoms with E-state index in [1.807, 2.05) is 0 Å². The second-order valence-corrected chi connectivity index (χ2v) is 5.96. The fourth-order valence-electron chi connectivity index (χ4n) is 1.82. The van der Waals surface area contributed by atoms with Gasteiger partial charge in [-0.3, -0.25) is 24.2 Å². The molecule has 2 rings (SSSR count). The van der Waals surface area contributed by atoms with E-state index in [2.05, 4.69) is 20.6 Å². The molecule has 2 aromatic rings. The van der Waals surface area contributed by atoms with Gasteiger partial charge in [0.1, 0.15) is 5.82 Å². The largest absolute Gasteiger partial charge is 0.369 e. The molecule has 0 unspecified atom stereocenters. The highest BCUT2D eigenvalue weighted by molar-refractivity contribution is 7.99. The maximum Gasteiger partial charge on any atom is 0.277 e. The van der Waals surface area contributed by atoms with E-state index in [0.29, 0.717) is 0 Å². The molecule has 0 aliphatic carbocycles. The summed E-state index contributed by atoms with van der Waals surface area (Å²) >= 11 is 0.863. The molecule has 0 atom stereocenters. The number of amides is 3. The van der Waals surface area contributed by atoms with Gasteiger partial charge in [0.25, 0.3) is 11.5 Å². The van der Waals surface area contributed by atoms with Crippen molar-refractivity contribution in [3.63, 3.8) is 0 Å². The summed E-state index contributed by atoms with van der Waals surface area (Å²) in [7, 11) is 0. The first-order valence-electron chi connectivity index (χ1n) is 7.16. The number of thioether (sulfide) groups is 1. The van der Waals surface area contributed by atoms with Gasteiger partial charge in [-0.15, -0.1) is 0 Å². The van der Waals surface area contributed by atoms with Crippen LogP contribution in [-0.2, 0) is 9.59 Å². The Morgan fingerprint density at radius 3 is 2.46 bits per heavy atom. The van der Waals surface area contributed by atoms with E-state index < -0.39 is 29.1 Å². The minimum Gasteiger partial charge on any atom is -0.369 e. The quantitative estimate of drug-likeness (QED) is 0.429. The Kier molecular flexibility index (Phi) is 6.07.